The van der Waals surface area contributed by atoms with Gasteiger partial charge in [0.25, 0.3) is 10.0 Å². The monoisotopic (exact) mass is 507 g/mol. The number of hydrogen-bond acceptors (Lipinski definition) is 4. The number of carbonyl (C=O) groups excluding carboxylic acids is 2. The Hall–Kier alpha value is -3.39. The molecule has 0 unspecified atom stereocenters. The highest BCUT2D eigenvalue weighted by Crippen LogP contribution is 2.42. The van der Waals surface area contributed by atoms with Crippen LogP contribution in [0.2, 0.25) is 0 Å². The summed E-state index contributed by atoms with van der Waals surface area (Å²) in [6.07, 6.45) is 0.458. The van der Waals surface area contributed by atoms with Crippen molar-refractivity contribution < 1.29 is 18.0 Å². The Morgan fingerprint density at radius 3 is 2.31 bits per heavy atom. The molecule has 1 aliphatic rings. The first-order valence-corrected chi connectivity index (χ1v) is 13.6. The Bertz CT molecular complexity index is 1380. The molecule has 0 aliphatic carbocycles. The van der Waals surface area contributed by atoms with Crippen LogP contribution in [0.15, 0.2) is 71.6 Å². The quantitative estimate of drug-likeness (QED) is 0.488. The van der Waals surface area contributed by atoms with Crippen molar-refractivity contribution in [2.24, 2.45) is 0 Å². The molecule has 36 heavy (non-hydrogen) atoms. The Balaban J connectivity index is 1.49. The fourth-order valence-electron chi connectivity index (χ4n) is 4.55. The Morgan fingerprint density at radius 1 is 0.972 bits per heavy atom. The summed E-state index contributed by atoms with van der Waals surface area (Å²) in [5, 5.41) is 4.55. The number of anilines is 1. The van der Waals surface area contributed by atoms with Gasteiger partial charge in [0, 0.05) is 30.4 Å². The van der Waals surface area contributed by atoms with Crippen LogP contribution < -0.4 is 9.62 Å². The van der Waals surface area contributed by atoms with Crippen LogP contribution >= 0.6 is 0 Å². The van der Waals surface area contributed by atoms with Crippen molar-refractivity contribution >= 4 is 38.3 Å². The van der Waals surface area contributed by atoms with Gasteiger partial charge in [0.15, 0.2) is 0 Å². The second-order valence-corrected chi connectivity index (χ2v) is 12.1. The molecule has 0 aromatic heterocycles. The molecule has 0 radical (unpaired) electrons. The van der Waals surface area contributed by atoms with Crippen molar-refractivity contribution in [1.82, 2.24) is 10.2 Å². The lowest BCUT2D eigenvalue weighted by atomic mass is 10.1. The van der Waals surface area contributed by atoms with Crippen LogP contribution in [0.1, 0.15) is 46.1 Å². The van der Waals surface area contributed by atoms with E-state index in [1.165, 1.54) is 4.31 Å². The van der Waals surface area contributed by atoms with Crippen LogP contribution in [-0.4, -0.2) is 43.3 Å². The molecule has 3 aromatic carbocycles. The minimum Gasteiger partial charge on any atom is -0.350 e. The lowest BCUT2D eigenvalue weighted by Gasteiger charge is -2.31. The van der Waals surface area contributed by atoms with Crippen LogP contribution in [0.4, 0.5) is 5.69 Å². The summed E-state index contributed by atoms with van der Waals surface area (Å²) in [5.74, 6) is -0.418. The molecule has 4 rings (SSSR count). The van der Waals surface area contributed by atoms with Crippen molar-refractivity contribution in [2.75, 3.05) is 10.8 Å². The summed E-state index contributed by atoms with van der Waals surface area (Å²) >= 11 is 0. The summed E-state index contributed by atoms with van der Waals surface area (Å²) in [4.78, 5) is 28.2. The van der Waals surface area contributed by atoms with E-state index in [4.69, 9.17) is 0 Å². The number of nitrogens with zero attached hydrogens (tertiary/aromatic N) is 2. The molecule has 1 heterocycles. The molecular formula is C28H33N3O4S. The van der Waals surface area contributed by atoms with Crippen LogP contribution in [0.3, 0.4) is 0 Å². The van der Waals surface area contributed by atoms with Crippen molar-refractivity contribution in [1.29, 1.82) is 0 Å². The molecule has 0 bridgehead atoms. The van der Waals surface area contributed by atoms with E-state index in [9.17, 15) is 18.0 Å². The van der Waals surface area contributed by atoms with Crippen molar-refractivity contribution in [2.45, 2.75) is 63.6 Å². The van der Waals surface area contributed by atoms with E-state index in [2.05, 4.69) is 5.32 Å². The Kier molecular flexibility index (Phi) is 7.09. The van der Waals surface area contributed by atoms with E-state index in [0.29, 0.717) is 23.5 Å². The first-order valence-electron chi connectivity index (χ1n) is 12.2. The van der Waals surface area contributed by atoms with E-state index in [-0.39, 0.29) is 24.8 Å². The Morgan fingerprint density at radius 2 is 1.64 bits per heavy atom. The molecule has 0 saturated heterocycles. The van der Waals surface area contributed by atoms with E-state index in [1.54, 1.807) is 30.0 Å². The first kappa shape index (κ1) is 25.7. The number of benzene rings is 3. The zero-order valence-electron chi connectivity index (χ0n) is 21.2. The highest BCUT2D eigenvalue weighted by atomic mass is 32.2. The molecule has 8 heteroatoms. The van der Waals surface area contributed by atoms with E-state index in [1.807, 2.05) is 69.3 Å². The second-order valence-electron chi connectivity index (χ2n) is 10.2. The van der Waals surface area contributed by atoms with Gasteiger partial charge in [0.05, 0.1) is 10.6 Å². The first-order chi connectivity index (χ1) is 17.0. The maximum Gasteiger partial charge on any atom is 0.265 e. The minimum absolute atomic E-state index is 0.123. The van der Waals surface area contributed by atoms with Crippen molar-refractivity contribution in [3.8, 4) is 0 Å². The van der Waals surface area contributed by atoms with E-state index < -0.39 is 21.6 Å². The van der Waals surface area contributed by atoms with Gasteiger partial charge in [-0.1, -0.05) is 54.6 Å². The molecular weight excluding hydrogens is 474 g/mol. The molecule has 0 fully saturated rings. The molecule has 1 N–H and O–H groups in total. The summed E-state index contributed by atoms with van der Waals surface area (Å²) in [6.45, 7) is 7.90. The lowest BCUT2D eigenvalue weighted by Crippen LogP contribution is -2.52. The van der Waals surface area contributed by atoms with Crippen molar-refractivity contribution in [3.05, 3.63) is 72.3 Å². The van der Waals surface area contributed by atoms with Crippen LogP contribution in [0, 0.1) is 0 Å². The van der Waals surface area contributed by atoms with Gasteiger partial charge in [-0.15, -0.1) is 0 Å². The third-order valence-electron chi connectivity index (χ3n) is 6.29. The van der Waals surface area contributed by atoms with Crippen LogP contribution in [0.25, 0.3) is 10.8 Å². The second kappa shape index (κ2) is 9.93. The summed E-state index contributed by atoms with van der Waals surface area (Å²) < 4.78 is 27.8. The minimum atomic E-state index is -3.67. The maximum absolute atomic E-state index is 13.4. The number of nitrogens with one attached hydrogen (secondary N) is 1. The SMILES string of the molecule is C[C@H](C(=O)NC(C)(C)C)N(Cc1ccccc1)C(=O)CCCN1c2cccc3cccc(c23)S1(=O)=O. The van der Waals surface area contributed by atoms with E-state index >= 15 is 0 Å². The van der Waals surface area contributed by atoms with Gasteiger partial charge in [-0.25, -0.2) is 8.42 Å². The predicted molar refractivity (Wildman–Crippen MR) is 142 cm³/mol. The molecule has 1 aliphatic heterocycles. The van der Waals surface area contributed by atoms with Gasteiger partial charge in [-0.3, -0.25) is 13.9 Å². The zero-order chi connectivity index (χ0) is 26.1. The van der Waals surface area contributed by atoms with Gasteiger partial charge in [0.2, 0.25) is 11.8 Å². The highest BCUT2D eigenvalue weighted by Gasteiger charge is 2.35. The molecule has 3 aromatic rings. The zero-order valence-corrected chi connectivity index (χ0v) is 22.0. The molecule has 1 atom stereocenters. The third kappa shape index (κ3) is 5.23. The fraction of sp³-hybridized carbons (Fsp3) is 0.357. The van der Waals surface area contributed by atoms with Gasteiger partial charge in [0.1, 0.15) is 6.04 Å². The van der Waals surface area contributed by atoms with Gasteiger partial charge < -0.3 is 10.2 Å². The topological polar surface area (TPSA) is 86.8 Å². The summed E-state index contributed by atoms with van der Waals surface area (Å²) in [5.41, 5.74) is 1.15. The van der Waals surface area contributed by atoms with Crippen LogP contribution in [0.5, 0.6) is 0 Å². The van der Waals surface area contributed by atoms with Gasteiger partial charge in [-0.05, 0) is 57.2 Å². The summed E-state index contributed by atoms with van der Waals surface area (Å²) in [7, 11) is -3.67. The number of sulfonamides is 1. The van der Waals surface area contributed by atoms with E-state index in [0.717, 1.165) is 16.3 Å². The largest absolute Gasteiger partial charge is 0.350 e. The summed E-state index contributed by atoms with van der Waals surface area (Å²) in [6, 6.07) is 19.7. The molecule has 0 saturated carbocycles. The number of carbonyl (C=O) groups is 2. The number of amides is 2. The average Bonchev–Trinajstić information content (AvgIpc) is 3.05. The Labute approximate surface area is 213 Å². The molecule has 190 valence electrons. The highest BCUT2D eigenvalue weighted by molar-refractivity contribution is 7.93. The molecule has 0 spiro atoms. The molecule has 2 amide bonds. The fourth-order valence-corrected chi connectivity index (χ4v) is 6.30. The van der Waals surface area contributed by atoms with Gasteiger partial charge in [-0.2, -0.15) is 0 Å². The third-order valence-corrected chi connectivity index (χ3v) is 8.15. The van der Waals surface area contributed by atoms with Crippen molar-refractivity contribution in [3.63, 3.8) is 0 Å². The van der Waals surface area contributed by atoms with Crippen LogP contribution in [-0.2, 0) is 26.2 Å². The molecule has 7 nitrogen and oxygen atoms in total. The smallest absolute Gasteiger partial charge is 0.265 e. The predicted octanol–water partition coefficient (Wildman–Crippen LogP) is 4.46. The number of hydrogen-bond donors (Lipinski definition) is 1. The standard InChI is InChI=1S/C28H33N3O4S/c1-20(27(33)29-28(2,3)4)30(19-21-11-6-5-7-12-21)25(32)17-10-18-31-23-15-8-13-22-14-9-16-24(26(22)23)36(31,34)35/h5-9,11-16,20H,10,17-19H2,1-4H3,(H,29,33)/t20-/m1/s1. The maximum atomic E-state index is 13.4. The average molecular weight is 508 g/mol. The number of rotatable bonds is 8. The van der Waals surface area contributed by atoms with Gasteiger partial charge >= 0.3 is 0 Å². The normalized spacial score (nSPS) is 15.1. The lowest BCUT2D eigenvalue weighted by molar-refractivity contribution is -0.141.